The predicted octanol–water partition coefficient (Wildman–Crippen LogP) is 3.98. The van der Waals surface area contributed by atoms with E-state index < -0.39 is 0 Å². The maximum absolute atomic E-state index is 12.5. The van der Waals surface area contributed by atoms with Gasteiger partial charge < -0.3 is 14.8 Å². The highest BCUT2D eigenvalue weighted by molar-refractivity contribution is 5.94. The van der Waals surface area contributed by atoms with Crippen molar-refractivity contribution in [3.05, 3.63) is 59.7 Å². The molecule has 0 aromatic heterocycles. The molecule has 1 heterocycles. The van der Waals surface area contributed by atoms with Crippen LogP contribution in [0, 0.1) is 5.92 Å². The summed E-state index contributed by atoms with van der Waals surface area (Å²) in [6, 6.07) is 15.1. The Balaban J connectivity index is 1.83. The van der Waals surface area contributed by atoms with Gasteiger partial charge in [0.15, 0.2) is 11.5 Å². The minimum Gasteiger partial charge on any atom is -0.490 e. The van der Waals surface area contributed by atoms with Crippen molar-refractivity contribution in [3.8, 4) is 11.5 Å². The Hall–Kier alpha value is -2.49. The average Bonchev–Trinajstić information content (AvgIpc) is 2.84. The summed E-state index contributed by atoms with van der Waals surface area (Å²) >= 11 is 0. The molecule has 1 unspecified atom stereocenters. The van der Waals surface area contributed by atoms with Crippen molar-refractivity contribution in [2.75, 3.05) is 13.2 Å². The standard InChI is InChI=1S/C20H23NO3/c1-14(2)19(21-20(22)15-7-4-3-5-8-15)16-9-10-17-18(13-16)24-12-6-11-23-17/h3-5,7-10,13-14,19H,6,11-12H2,1-2H3,(H,21,22). The van der Waals surface area contributed by atoms with Gasteiger partial charge in [0.1, 0.15) is 0 Å². The molecule has 4 heteroatoms. The molecule has 0 radical (unpaired) electrons. The van der Waals surface area contributed by atoms with Crippen LogP contribution in [0.5, 0.6) is 11.5 Å². The van der Waals surface area contributed by atoms with Gasteiger partial charge in [0.2, 0.25) is 0 Å². The molecule has 1 aliphatic heterocycles. The van der Waals surface area contributed by atoms with Crippen molar-refractivity contribution in [2.24, 2.45) is 5.92 Å². The summed E-state index contributed by atoms with van der Waals surface area (Å²) in [5.74, 6) is 1.71. The van der Waals surface area contributed by atoms with Gasteiger partial charge in [-0.3, -0.25) is 4.79 Å². The van der Waals surface area contributed by atoms with Crippen LogP contribution in [0.1, 0.15) is 42.2 Å². The predicted molar refractivity (Wildman–Crippen MR) is 93.5 cm³/mol. The van der Waals surface area contributed by atoms with E-state index in [1.54, 1.807) is 0 Å². The van der Waals surface area contributed by atoms with E-state index in [0.29, 0.717) is 18.8 Å². The van der Waals surface area contributed by atoms with Gasteiger partial charge in [-0.25, -0.2) is 0 Å². The van der Waals surface area contributed by atoms with E-state index in [1.165, 1.54) is 0 Å². The third-order valence-electron chi connectivity index (χ3n) is 4.12. The molecule has 0 spiro atoms. The van der Waals surface area contributed by atoms with E-state index >= 15 is 0 Å². The molecule has 2 aromatic rings. The normalized spacial score (nSPS) is 14.8. The molecule has 1 aliphatic rings. The zero-order valence-electron chi connectivity index (χ0n) is 14.1. The highest BCUT2D eigenvalue weighted by Crippen LogP contribution is 2.34. The van der Waals surface area contributed by atoms with E-state index in [0.717, 1.165) is 23.5 Å². The summed E-state index contributed by atoms with van der Waals surface area (Å²) in [6.45, 7) is 5.52. The van der Waals surface area contributed by atoms with Gasteiger partial charge in [-0.1, -0.05) is 38.1 Å². The zero-order valence-corrected chi connectivity index (χ0v) is 14.1. The number of ether oxygens (including phenoxy) is 2. The Morgan fingerprint density at radius 1 is 1.00 bits per heavy atom. The minimum atomic E-state index is -0.0881. The topological polar surface area (TPSA) is 47.6 Å². The highest BCUT2D eigenvalue weighted by Gasteiger charge is 2.21. The van der Waals surface area contributed by atoms with Gasteiger partial charge in [-0.2, -0.15) is 0 Å². The first kappa shape index (κ1) is 16.4. The minimum absolute atomic E-state index is 0.0681. The Labute approximate surface area is 142 Å². The molecule has 4 nitrogen and oxygen atoms in total. The van der Waals surface area contributed by atoms with Crippen molar-refractivity contribution in [1.82, 2.24) is 5.32 Å². The second-order valence-electron chi connectivity index (χ2n) is 6.32. The van der Waals surface area contributed by atoms with Crippen molar-refractivity contribution < 1.29 is 14.3 Å². The number of nitrogens with one attached hydrogen (secondary N) is 1. The summed E-state index contributed by atoms with van der Waals surface area (Å²) < 4.78 is 11.5. The smallest absolute Gasteiger partial charge is 0.251 e. The van der Waals surface area contributed by atoms with Crippen LogP contribution in [0.25, 0.3) is 0 Å². The second kappa shape index (κ2) is 7.39. The van der Waals surface area contributed by atoms with E-state index in [1.807, 2.05) is 48.5 Å². The fraction of sp³-hybridized carbons (Fsp3) is 0.350. The van der Waals surface area contributed by atoms with Gasteiger partial charge >= 0.3 is 0 Å². The summed E-state index contributed by atoms with van der Waals surface area (Å²) in [4.78, 5) is 12.5. The molecule has 0 saturated heterocycles. The van der Waals surface area contributed by atoms with Crippen molar-refractivity contribution >= 4 is 5.91 Å². The number of carbonyl (C=O) groups is 1. The van der Waals surface area contributed by atoms with E-state index in [-0.39, 0.29) is 17.9 Å². The Morgan fingerprint density at radius 2 is 1.71 bits per heavy atom. The van der Waals surface area contributed by atoms with Crippen LogP contribution in [-0.4, -0.2) is 19.1 Å². The van der Waals surface area contributed by atoms with Crippen LogP contribution < -0.4 is 14.8 Å². The van der Waals surface area contributed by atoms with Crippen LogP contribution >= 0.6 is 0 Å². The molecule has 3 rings (SSSR count). The number of hydrogen-bond donors (Lipinski definition) is 1. The molecule has 2 aromatic carbocycles. The Kier molecular flexibility index (Phi) is 5.04. The lowest BCUT2D eigenvalue weighted by Crippen LogP contribution is -2.31. The average molecular weight is 325 g/mol. The number of rotatable bonds is 4. The maximum atomic E-state index is 12.5. The van der Waals surface area contributed by atoms with Gasteiger partial charge in [0, 0.05) is 12.0 Å². The molecule has 1 atom stereocenters. The second-order valence-corrected chi connectivity index (χ2v) is 6.32. The lowest BCUT2D eigenvalue weighted by molar-refractivity contribution is 0.0925. The summed E-state index contributed by atoms with van der Waals surface area (Å²) in [5.41, 5.74) is 1.69. The monoisotopic (exact) mass is 325 g/mol. The van der Waals surface area contributed by atoms with Crippen molar-refractivity contribution in [2.45, 2.75) is 26.3 Å². The lowest BCUT2D eigenvalue weighted by Gasteiger charge is -2.24. The van der Waals surface area contributed by atoms with Crippen molar-refractivity contribution in [3.63, 3.8) is 0 Å². The number of carbonyl (C=O) groups excluding carboxylic acids is 1. The van der Waals surface area contributed by atoms with Crippen LogP contribution in [-0.2, 0) is 0 Å². The number of benzene rings is 2. The SMILES string of the molecule is CC(C)C(NC(=O)c1ccccc1)c1ccc2c(c1)OCCCO2. The Morgan fingerprint density at radius 3 is 2.42 bits per heavy atom. The molecule has 126 valence electrons. The third kappa shape index (κ3) is 3.70. The van der Waals surface area contributed by atoms with Crippen molar-refractivity contribution in [1.29, 1.82) is 0 Å². The van der Waals surface area contributed by atoms with Gasteiger partial charge in [-0.05, 0) is 35.7 Å². The molecule has 24 heavy (non-hydrogen) atoms. The fourth-order valence-electron chi connectivity index (χ4n) is 2.82. The molecule has 1 N–H and O–H groups in total. The molecular weight excluding hydrogens is 302 g/mol. The van der Waals surface area contributed by atoms with Crippen LogP contribution in [0.2, 0.25) is 0 Å². The molecule has 1 amide bonds. The quantitative estimate of drug-likeness (QED) is 0.925. The number of amides is 1. The van der Waals surface area contributed by atoms with E-state index in [4.69, 9.17) is 9.47 Å². The van der Waals surface area contributed by atoms with Gasteiger partial charge in [0.25, 0.3) is 5.91 Å². The Bertz CT molecular complexity index is 697. The highest BCUT2D eigenvalue weighted by atomic mass is 16.5. The first-order valence-electron chi connectivity index (χ1n) is 8.40. The summed E-state index contributed by atoms with van der Waals surface area (Å²) in [7, 11) is 0. The largest absolute Gasteiger partial charge is 0.490 e. The first-order chi connectivity index (χ1) is 11.6. The lowest BCUT2D eigenvalue weighted by atomic mass is 9.95. The van der Waals surface area contributed by atoms with Gasteiger partial charge in [0.05, 0.1) is 19.3 Å². The molecule has 0 bridgehead atoms. The van der Waals surface area contributed by atoms with E-state index in [2.05, 4.69) is 19.2 Å². The first-order valence-corrected chi connectivity index (χ1v) is 8.40. The third-order valence-corrected chi connectivity index (χ3v) is 4.12. The summed E-state index contributed by atoms with van der Waals surface area (Å²) in [6.07, 6.45) is 0.877. The van der Waals surface area contributed by atoms with Gasteiger partial charge in [-0.15, -0.1) is 0 Å². The molecular formula is C20H23NO3. The fourth-order valence-corrected chi connectivity index (χ4v) is 2.82. The molecule has 0 saturated carbocycles. The number of hydrogen-bond acceptors (Lipinski definition) is 3. The molecule has 0 fully saturated rings. The number of fused-ring (bicyclic) bond motifs is 1. The molecule has 0 aliphatic carbocycles. The zero-order chi connectivity index (χ0) is 16.9. The van der Waals surface area contributed by atoms with Crippen LogP contribution in [0.15, 0.2) is 48.5 Å². The maximum Gasteiger partial charge on any atom is 0.251 e. The van der Waals surface area contributed by atoms with Crippen LogP contribution in [0.3, 0.4) is 0 Å². The summed E-state index contributed by atoms with van der Waals surface area (Å²) in [5, 5.41) is 3.14. The van der Waals surface area contributed by atoms with E-state index in [9.17, 15) is 4.79 Å². The van der Waals surface area contributed by atoms with Crippen LogP contribution in [0.4, 0.5) is 0 Å².